The summed E-state index contributed by atoms with van der Waals surface area (Å²) in [6, 6.07) is 0.222. The lowest BCUT2D eigenvalue weighted by molar-refractivity contribution is -0.135. The number of rotatable bonds is 5. The first-order valence-corrected chi connectivity index (χ1v) is 6.75. The van der Waals surface area contributed by atoms with Crippen LogP contribution in [0, 0.1) is 0 Å². The summed E-state index contributed by atoms with van der Waals surface area (Å²) in [7, 11) is 1.92. The third kappa shape index (κ3) is 3.10. The summed E-state index contributed by atoms with van der Waals surface area (Å²) in [4.78, 5) is 14.3. The predicted molar refractivity (Wildman–Crippen MR) is 70.1 cm³/mol. The van der Waals surface area contributed by atoms with E-state index in [1.54, 1.807) is 0 Å². The van der Waals surface area contributed by atoms with Crippen molar-refractivity contribution in [3.05, 3.63) is 18.0 Å². The van der Waals surface area contributed by atoms with E-state index in [1.165, 1.54) is 6.42 Å². The molecule has 5 heteroatoms. The molecule has 1 saturated heterocycles. The van der Waals surface area contributed by atoms with Crippen LogP contribution in [-0.4, -0.2) is 41.1 Å². The number of hydrogen-bond donors (Lipinski definition) is 2. The molecule has 2 heterocycles. The van der Waals surface area contributed by atoms with E-state index in [2.05, 4.69) is 15.5 Å². The lowest BCUT2D eigenvalue weighted by atomic mass is 9.97. The van der Waals surface area contributed by atoms with Gasteiger partial charge in [0.1, 0.15) is 0 Å². The number of carbonyl (C=O) groups is 1. The first kappa shape index (κ1) is 13.1. The largest absolute Gasteiger partial charge is 0.336 e. The first-order valence-electron chi connectivity index (χ1n) is 6.75. The Morgan fingerprint density at radius 2 is 2.50 bits per heavy atom. The molecular formula is C13H22N4O. The smallest absolute Gasteiger partial charge is 0.223 e. The summed E-state index contributed by atoms with van der Waals surface area (Å²) in [6.07, 6.45) is 8.65. The molecular weight excluding hydrogens is 228 g/mol. The number of hydrogen-bond acceptors (Lipinski definition) is 3. The Morgan fingerprint density at radius 1 is 1.61 bits per heavy atom. The van der Waals surface area contributed by atoms with Crippen LogP contribution in [0.1, 0.15) is 43.7 Å². The van der Waals surface area contributed by atoms with Crippen LogP contribution in [0.25, 0.3) is 0 Å². The number of nitrogens with zero attached hydrogens (tertiary/aromatic N) is 2. The Balaban J connectivity index is 1.97. The minimum atomic E-state index is 0.222. The van der Waals surface area contributed by atoms with Gasteiger partial charge in [-0.25, -0.2) is 0 Å². The van der Waals surface area contributed by atoms with Crippen LogP contribution in [0.15, 0.2) is 12.4 Å². The van der Waals surface area contributed by atoms with Crippen molar-refractivity contribution < 1.29 is 4.79 Å². The van der Waals surface area contributed by atoms with Gasteiger partial charge < -0.3 is 10.2 Å². The van der Waals surface area contributed by atoms with E-state index in [0.29, 0.717) is 6.42 Å². The molecule has 5 nitrogen and oxygen atoms in total. The average molecular weight is 250 g/mol. The van der Waals surface area contributed by atoms with E-state index in [4.69, 9.17) is 0 Å². The minimum absolute atomic E-state index is 0.222. The van der Waals surface area contributed by atoms with Crippen molar-refractivity contribution in [2.75, 3.05) is 20.1 Å². The van der Waals surface area contributed by atoms with E-state index in [0.717, 1.165) is 37.9 Å². The Hall–Kier alpha value is -1.36. The standard InChI is InChI=1S/C13H22N4O/c1-14-7-4-6-13(18)17-8-3-2-5-12(17)11-9-15-16-10-11/h9-10,12,14H,2-8H2,1H3,(H,15,16). The Morgan fingerprint density at radius 3 is 3.22 bits per heavy atom. The monoisotopic (exact) mass is 250 g/mol. The predicted octanol–water partition coefficient (Wildman–Crippen LogP) is 1.46. The molecule has 1 unspecified atom stereocenters. The van der Waals surface area contributed by atoms with Crippen molar-refractivity contribution in [2.45, 2.75) is 38.1 Å². The molecule has 2 rings (SSSR count). The molecule has 2 N–H and O–H groups in total. The highest BCUT2D eigenvalue weighted by Crippen LogP contribution is 2.30. The van der Waals surface area contributed by atoms with Crippen molar-refractivity contribution in [1.29, 1.82) is 0 Å². The molecule has 1 aromatic heterocycles. The molecule has 0 aliphatic carbocycles. The van der Waals surface area contributed by atoms with Gasteiger partial charge in [-0.15, -0.1) is 0 Å². The summed E-state index contributed by atoms with van der Waals surface area (Å²) in [5, 5.41) is 9.91. The lowest BCUT2D eigenvalue weighted by Crippen LogP contribution is -2.38. The van der Waals surface area contributed by atoms with Crippen molar-refractivity contribution in [1.82, 2.24) is 20.4 Å². The molecule has 1 amide bonds. The van der Waals surface area contributed by atoms with Gasteiger partial charge in [-0.3, -0.25) is 9.89 Å². The number of carbonyl (C=O) groups excluding carboxylic acids is 1. The van der Waals surface area contributed by atoms with Crippen LogP contribution in [0.3, 0.4) is 0 Å². The third-order valence-electron chi connectivity index (χ3n) is 3.54. The molecule has 0 radical (unpaired) electrons. The number of nitrogens with one attached hydrogen (secondary N) is 2. The van der Waals surface area contributed by atoms with Crippen molar-refractivity contribution in [3.63, 3.8) is 0 Å². The number of likely N-dealkylation sites (tertiary alicyclic amines) is 1. The van der Waals surface area contributed by atoms with E-state index in [9.17, 15) is 4.79 Å². The third-order valence-corrected chi connectivity index (χ3v) is 3.54. The molecule has 100 valence electrons. The van der Waals surface area contributed by atoms with Gasteiger partial charge in [-0.05, 0) is 39.3 Å². The molecule has 1 fully saturated rings. The summed E-state index contributed by atoms with van der Waals surface area (Å²) in [6.45, 7) is 1.78. The molecule has 1 atom stereocenters. The number of H-pyrrole nitrogens is 1. The van der Waals surface area contributed by atoms with Gasteiger partial charge >= 0.3 is 0 Å². The zero-order chi connectivity index (χ0) is 12.8. The summed E-state index contributed by atoms with van der Waals surface area (Å²) in [5.74, 6) is 0.274. The molecule has 0 saturated carbocycles. The van der Waals surface area contributed by atoms with Gasteiger partial charge in [-0.1, -0.05) is 0 Å². The number of aromatic amines is 1. The minimum Gasteiger partial charge on any atom is -0.336 e. The molecule has 18 heavy (non-hydrogen) atoms. The normalized spacial score (nSPS) is 20.1. The van der Waals surface area contributed by atoms with Crippen molar-refractivity contribution in [3.8, 4) is 0 Å². The summed E-state index contributed by atoms with van der Waals surface area (Å²) >= 11 is 0. The molecule has 1 aromatic rings. The van der Waals surface area contributed by atoms with Crippen molar-refractivity contribution in [2.24, 2.45) is 0 Å². The van der Waals surface area contributed by atoms with Gasteiger partial charge in [0.15, 0.2) is 0 Å². The second kappa shape index (κ2) is 6.54. The zero-order valence-electron chi connectivity index (χ0n) is 11.0. The quantitative estimate of drug-likeness (QED) is 0.778. The molecule has 1 aliphatic rings. The molecule has 0 aromatic carbocycles. The SMILES string of the molecule is CNCCCC(=O)N1CCCCC1c1cn[nH]c1. The number of amides is 1. The molecule has 1 aliphatic heterocycles. The average Bonchev–Trinajstić information content (AvgIpc) is 2.93. The van der Waals surface area contributed by atoms with E-state index >= 15 is 0 Å². The fraction of sp³-hybridized carbons (Fsp3) is 0.692. The van der Waals surface area contributed by atoms with E-state index in [1.807, 2.05) is 24.3 Å². The van der Waals surface area contributed by atoms with Gasteiger partial charge in [0, 0.05) is 24.7 Å². The Labute approximate surface area is 108 Å². The van der Waals surface area contributed by atoms with E-state index in [-0.39, 0.29) is 11.9 Å². The maximum Gasteiger partial charge on any atom is 0.223 e. The van der Waals surface area contributed by atoms with Gasteiger partial charge in [0.25, 0.3) is 0 Å². The number of aromatic nitrogens is 2. The highest BCUT2D eigenvalue weighted by molar-refractivity contribution is 5.76. The van der Waals surface area contributed by atoms with Crippen LogP contribution < -0.4 is 5.32 Å². The molecule has 0 spiro atoms. The maximum atomic E-state index is 12.2. The molecule has 0 bridgehead atoms. The van der Waals surface area contributed by atoms with Gasteiger partial charge in [-0.2, -0.15) is 5.10 Å². The summed E-state index contributed by atoms with van der Waals surface area (Å²) < 4.78 is 0. The lowest BCUT2D eigenvalue weighted by Gasteiger charge is -2.35. The first-order chi connectivity index (χ1) is 8.83. The fourth-order valence-corrected chi connectivity index (χ4v) is 2.58. The Bertz CT molecular complexity index is 363. The van der Waals surface area contributed by atoms with Crippen LogP contribution in [0.5, 0.6) is 0 Å². The highest BCUT2D eigenvalue weighted by Gasteiger charge is 2.27. The summed E-state index contributed by atoms with van der Waals surface area (Å²) in [5.41, 5.74) is 1.14. The number of piperidine rings is 1. The Kier molecular flexibility index (Phi) is 4.75. The zero-order valence-corrected chi connectivity index (χ0v) is 11.0. The van der Waals surface area contributed by atoms with Crippen LogP contribution in [-0.2, 0) is 4.79 Å². The van der Waals surface area contributed by atoms with Crippen molar-refractivity contribution >= 4 is 5.91 Å². The second-order valence-corrected chi connectivity index (χ2v) is 4.84. The topological polar surface area (TPSA) is 61.0 Å². The van der Waals surface area contributed by atoms with E-state index < -0.39 is 0 Å². The van der Waals surface area contributed by atoms with Crippen LogP contribution in [0.2, 0.25) is 0 Å². The van der Waals surface area contributed by atoms with Gasteiger partial charge in [0.05, 0.1) is 12.2 Å². The maximum absolute atomic E-state index is 12.2. The highest BCUT2D eigenvalue weighted by atomic mass is 16.2. The van der Waals surface area contributed by atoms with Crippen LogP contribution >= 0.6 is 0 Å². The second-order valence-electron chi connectivity index (χ2n) is 4.84. The fourth-order valence-electron chi connectivity index (χ4n) is 2.58. The van der Waals surface area contributed by atoms with Gasteiger partial charge in [0.2, 0.25) is 5.91 Å². The van der Waals surface area contributed by atoms with Crippen LogP contribution in [0.4, 0.5) is 0 Å².